The molecule has 4 nitrogen and oxygen atoms in total. The number of aryl methyl sites for hydroxylation is 1. The smallest absolute Gasteiger partial charge is 0.315 e. The van der Waals surface area contributed by atoms with E-state index in [1.807, 2.05) is 19.2 Å². The summed E-state index contributed by atoms with van der Waals surface area (Å²) in [4.78, 5) is 16.1. The maximum absolute atomic E-state index is 11.9. The van der Waals surface area contributed by atoms with Gasteiger partial charge in [-0.15, -0.1) is 0 Å². The standard InChI is InChI=1S/C16H23N3O/c1-11-2-3-12(10-18-11)6-7-17-16(20)19-15-9-13-4-5-14(15)8-13/h2-3,10,13-15H,4-9H2,1H3,(H2,17,19,20)/t13-,14-,15+/m0/s1. The second-order valence-electron chi connectivity index (χ2n) is 6.24. The Hall–Kier alpha value is -1.58. The number of carbonyl (C=O) groups excluding carboxylic acids is 1. The van der Waals surface area contributed by atoms with Crippen LogP contribution in [0.15, 0.2) is 18.3 Å². The van der Waals surface area contributed by atoms with Gasteiger partial charge in [0.1, 0.15) is 0 Å². The second-order valence-corrected chi connectivity index (χ2v) is 6.24. The fourth-order valence-corrected chi connectivity index (χ4v) is 3.61. The molecule has 4 heteroatoms. The molecule has 108 valence electrons. The summed E-state index contributed by atoms with van der Waals surface area (Å²) in [5, 5.41) is 6.09. The number of pyridine rings is 1. The molecule has 1 heterocycles. The zero-order chi connectivity index (χ0) is 13.9. The van der Waals surface area contributed by atoms with Crippen LogP contribution in [0.3, 0.4) is 0 Å². The number of rotatable bonds is 4. The highest BCUT2D eigenvalue weighted by atomic mass is 16.2. The highest BCUT2D eigenvalue weighted by Crippen LogP contribution is 2.44. The van der Waals surface area contributed by atoms with Gasteiger partial charge in [-0.25, -0.2) is 4.79 Å². The first kappa shape index (κ1) is 13.4. The van der Waals surface area contributed by atoms with Gasteiger partial charge in [-0.3, -0.25) is 4.98 Å². The molecule has 2 saturated carbocycles. The van der Waals surface area contributed by atoms with Gasteiger partial charge in [0.05, 0.1) is 0 Å². The van der Waals surface area contributed by atoms with Crippen molar-refractivity contribution in [1.29, 1.82) is 0 Å². The molecular weight excluding hydrogens is 250 g/mol. The molecule has 20 heavy (non-hydrogen) atoms. The molecule has 3 atom stereocenters. The van der Waals surface area contributed by atoms with Crippen LogP contribution in [0.1, 0.15) is 36.9 Å². The van der Waals surface area contributed by atoms with E-state index in [9.17, 15) is 4.79 Å². The number of hydrogen-bond donors (Lipinski definition) is 2. The van der Waals surface area contributed by atoms with E-state index in [0.29, 0.717) is 12.6 Å². The maximum Gasteiger partial charge on any atom is 0.315 e. The third-order valence-corrected chi connectivity index (χ3v) is 4.73. The van der Waals surface area contributed by atoms with Crippen LogP contribution in [0.25, 0.3) is 0 Å². The van der Waals surface area contributed by atoms with Gasteiger partial charge in [0.25, 0.3) is 0 Å². The molecule has 2 N–H and O–H groups in total. The van der Waals surface area contributed by atoms with E-state index in [-0.39, 0.29) is 6.03 Å². The average Bonchev–Trinajstić information content (AvgIpc) is 3.03. The minimum Gasteiger partial charge on any atom is -0.338 e. The molecule has 0 aliphatic heterocycles. The Morgan fingerprint density at radius 2 is 2.25 bits per heavy atom. The molecular formula is C16H23N3O. The van der Waals surface area contributed by atoms with Crippen LogP contribution in [-0.2, 0) is 6.42 Å². The number of urea groups is 1. The molecule has 0 aromatic carbocycles. The first-order valence-corrected chi connectivity index (χ1v) is 7.66. The molecule has 1 aromatic rings. The van der Waals surface area contributed by atoms with Crippen molar-refractivity contribution in [2.45, 2.75) is 45.1 Å². The Morgan fingerprint density at radius 1 is 1.35 bits per heavy atom. The summed E-state index contributed by atoms with van der Waals surface area (Å²) in [6.45, 7) is 2.64. The van der Waals surface area contributed by atoms with Crippen molar-refractivity contribution in [2.75, 3.05) is 6.54 Å². The summed E-state index contributed by atoms with van der Waals surface area (Å²) in [5.74, 6) is 1.59. The Morgan fingerprint density at radius 3 is 2.90 bits per heavy atom. The van der Waals surface area contributed by atoms with Crippen LogP contribution < -0.4 is 10.6 Å². The van der Waals surface area contributed by atoms with Gasteiger partial charge >= 0.3 is 6.03 Å². The maximum atomic E-state index is 11.9. The van der Waals surface area contributed by atoms with E-state index in [4.69, 9.17) is 0 Å². The Kier molecular flexibility index (Phi) is 3.90. The summed E-state index contributed by atoms with van der Waals surface area (Å²) >= 11 is 0. The van der Waals surface area contributed by atoms with Gasteiger partial charge < -0.3 is 10.6 Å². The fraction of sp³-hybridized carbons (Fsp3) is 0.625. The van der Waals surface area contributed by atoms with Gasteiger partial charge in [-0.1, -0.05) is 12.5 Å². The second kappa shape index (κ2) is 5.81. The molecule has 1 aromatic heterocycles. The Balaban J connectivity index is 1.38. The molecule has 2 bridgehead atoms. The zero-order valence-corrected chi connectivity index (χ0v) is 12.1. The van der Waals surface area contributed by atoms with Crippen molar-refractivity contribution >= 4 is 6.03 Å². The molecule has 0 unspecified atom stereocenters. The van der Waals surface area contributed by atoms with Crippen LogP contribution in [0.4, 0.5) is 4.79 Å². The zero-order valence-electron chi connectivity index (χ0n) is 12.1. The lowest BCUT2D eigenvalue weighted by molar-refractivity contribution is 0.231. The van der Waals surface area contributed by atoms with Crippen molar-refractivity contribution in [3.63, 3.8) is 0 Å². The van der Waals surface area contributed by atoms with Crippen molar-refractivity contribution < 1.29 is 4.79 Å². The SMILES string of the molecule is Cc1ccc(CCNC(=O)N[C@@H]2C[C@H]3CC[C@H]2C3)cn1. The van der Waals surface area contributed by atoms with E-state index >= 15 is 0 Å². The summed E-state index contributed by atoms with van der Waals surface area (Å²) < 4.78 is 0. The summed E-state index contributed by atoms with van der Waals surface area (Å²) in [7, 11) is 0. The highest BCUT2D eigenvalue weighted by Gasteiger charge is 2.39. The topological polar surface area (TPSA) is 54.0 Å². The average molecular weight is 273 g/mol. The predicted octanol–water partition coefficient (Wildman–Crippen LogP) is 2.42. The quantitative estimate of drug-likeness (QED) is 0.885. The van der Waals surface area contributed by atoms with Crippen LogP contribution >= 0.6 is 0 Å². The summed E-state index contributed by atoms with van der Waals surface area (Å²) in [5.41, 5.74) is 2.19. The van der Waals surface area contributed by atoms with Gasteiger partial charge in [0.2, 0.25) is 0 Å². The van der Waals surface area contributed by atoms with Crippen molar-refractivity contribution in [1.82, 2.24) is 15.6 Å². The predicted molar refractivity (Wildman–Crippen MR) is 78.4 cm³/mol. The number of nitrogens with one attached hydrogen (secondary N) is 2. The van der Waals surface area contributed by atoms with Gasteiger partial charge in [0, 0.05) is 24.5 Å². The Bertz CT molecular complexity index is 471. The molecule has 0 spiro atoms. The van der Waals surface area contributed by atoms with E-state index in [1.54, 1.807) is 0 Å². The third-order valence-electron chi connectivity index (χ3n) is 4.73. The Labute approximate surface area is 120 Å². The normalized spacial score (nSPS) is 27.6. The molecule has 2 aliphatic carbocycles. The number of fused-ring (bicyclic) bond motifs is 2. The highest BCUT2D eigenvalue weighted by molar-refractivity contribution is 5.74. The minimum atomic E-state index is -0.0115. The van der Waals surface area contributed by atoms with Crippen LogP contribution in [0, 0.1) is 18.8 Å². The molecule has 2 fully saturated rings. The number of nitrogens with zero attached hydrogens (tertiary/aromatic N) is 1. The first-order chi connectivity index (χ1) is 9.70. The number of aromatic nitrogens is 1. The lowest BCUT2D eigenvalue weighted by Gasteiger charge is -2.23. The lowest BCUT2D eigenvalue weighted by Crippen LogP contribution is -2.44. The largest absolute Gasteiger partial charge is 0.338 e. The molecule has 3 rings (SSSR count). The van der Waals surface area contributed by atoms with Crippen molar-refractivity contribution in [3.8, 4) is 0 Å². The molecule has 0 radical (unpaired) electrons. The van der Waals surface area contributed by atoms with Crippen LogP contribution in [0.5, 0.6) is 0 Å². The minimum absolute atomic E-state index is 0.0115. The van der Waals surface area contributed by atoms with E-state index in [2.05, 4.69) is 21.7 Å². The monoisotopic (exact) mass is 273 g/mol. The van der Waals surface area contributed by atoms with Crippen LogP contribution in [0.2, 0.25) is 0 Å². The van der Waals surface area contributed by atoms with Crippen molar-refractivity contribution in [2.24, 2.45) is 11.8 Å². The van der Waals surface area contributed by atoms with Gasteiger partial charge in [0.15, 0.2) is 0 Å². The molecule has 2 aliphatic rings. The van der Waals surface area contributed by atoms with Gasteiger partial charge in [-0.2, -0.15) is 0 Å². The van der Waals surface area contributed by atoms with Crippen molar-refractivity contribution in [3.05, 3.63) is 29.6 Å². The van der Waals surface area contributed by atoms with E-state index in [0.717, 1.165) is 29.5 Å². The summed E-state index contributed by atoms with van der Waals surface area (Å²) in [6, 6.07) is 4.47. The molecule has 0 saturated heterocycles. The number of hydrogen-bond acceptors (Lipinski definition) is 2. The van der Waals surface area contributed by atoms with E-state index < -0.39 is 0 Å². The first-order valence-electron chi connectivity index (χ1n) is 7.66. The number of amides is 2. The van der Waals surface area contributed by atoms with E-state index in [1.165, 1.54) is 25.7 Å². The summed E-state index contributed by atoms with van der Waals surface area (Å²) in [6.07, 6.45) is 7.87. The third kappa shape index (κ3) is 3.11. The molecule has 2 amide bonds. The van der Waals surface area contributed by atoms with Gasteiger partial charge in [-0.05, 0) is 56.1 Å². The lowest BCUT2D eigenvalue weighted by atomic mass is 9.95. The number of carbonyl (C=O) groups is 1. The fourth-order valence-electron chi connectivity index (χ4n) is 3.61. The van der Waals surface area contributed by atoms with Crippen LogP contribution in [-0.4, -0.2) is 23.6 Å².